The fourth-order valence-corrected chi connectivity index (χ4v) is 4.56. The number of carbonyl (C=O) groups excluding carboxylic acids is 1. The molecule has 34 heavy (non-hydrogen) atoms. The van der Waals surface area contributed by atoms with Crippen LogP contribution >= 0.6 is 0 Å². The van der Waals surface area contributed by atoms with E-state index < -0.39 is 6.09 Å². The molecular weight excluding hydrogens is 436 g/mol. The van der Waals surface area contributed by atoms with E-state index in [1.54, 1.807) is 47.9 Å². The number of nitrogens with one attached hydrogen (secondary N) is 2. The Morgan fingerprint density at radius 3 is 2.56 bits per heavy atom. The molecule has 2 N–H and O–H groups in total. The molecule has 176 valence electrons. The van der Waals surface area contributed by atoms with E-state index in [1.165, 1.54) is 7.11 Å². The maximum atomic E-state index is 12.9. The molecule has 0 saturated heterocycles. The first kappa shape index (κ1) is 21.7. The highest BCUT2D eigenvalue weighted by Crippen LogP contribution is 2.32. The molecule has 0 spiro atoms. The van der Waals surface area contributed by atoms with Gasteiger partial charge < -0.3 is 10.1 Å². The summed E-state index contributed by atoms with van der Waals surface area (Å²) in [6.45, 7) is 0. The van der Waals surface area contributed by atoms with E-state index in [2.05, 4.69) is 25.9 Å². The van der Waals surface area contributed by atoms with Crippen molar-refractivity contribution in [3.63, 3.8) is 0 Å². The minimum atomic E-state index is -0.577. The van der Waals surface area contributed by atoms with E-state index in [0.717, 1.165) is 42.3 Å². The average molecular weight is 463 g/mol. The second-order valence-electron chi connectivity index (χ2n) is 8.53. The van der Waals surface area contributed by atoms with Crippen molar-refractivity contribution < 1.29 is 9.53 Å². The third-order valence-electron chi connectivity index (χ3n) is 6.20. The van der Waals surface area contributed by atoms with Crippen LogP contribution in [0.25, 0.3) is 22.3 Å². The lowest BCUT2D eigenvalue weighted by Gasteiger charge is -2.13. The van der Waals surface area contributed by atoms with Crippen molar-refractivity contribution in [2.45, 2.75) is 31.7 Å². The summed E-state index contributed by atoms with van der Waals surface area (Å²) in [6, 6.07) is 7.57. The first-order valence-corrected chi connectivity index (χ1v) is 11.1. The van der Waals surface area contributed by atoms with Gasteiger partial charge in [-0.1, -0.05) is 18.1 Å². The number of fused-ring (bicyclic) bond motifs is 1. The molecule has 1 aliphatic rings. The number of amides is 1. The number of anilines is 3. The zero-order chi connectivity index (χ0) is 23.8. The minimum absolute atomic E-state index is 0.0185. The molecule has 0 atom stereocenters. The number of imidazole rings is 1. The van der Waals surface area contributed by atoms with Gasteiger partial charge in [-0.05, 0) is 31.0 Å². The molecule has 11 heteroatoms. The van der Waals surface area contributed by atoms with Gasteiger partial charge in [0.25, 0.3) is 0 Å². The van der Waals surface area contributed by atoms with Gasteiger partial charge in [-0.3, -0.25) is 19.1 Å². The number of ether oxygens (including phenoxy) is 1. The highest BCUT2D eigenvalue weighted by molar-refractivity contribution is 5.88. The molecule has 3 heterocycles. The zero-order valence-corrected chi connectivity index (χ0v) is 19.3. The molecule has 0 bridgehead atoms. The Bertz CT molecular complexity index is 1430. The van der Waals surface area contributed by atoms with Gasteiger partial charge in [-0.15, -0.1) is 5.10 Å². The van der Waals surface area contributed by atoms with Gasteiger partial charge >= 0.3 is 11.8 Å². The Balaban J connectivity index is 1.54. The predicted octanol–water partition coefficient (Wildman–Crippen LogP) is 3.57. The molecule has 1 amide bonds. The number of carbonyl (C=O) groups is 1. The Kier molecular flexibility index (Phi) is 5.52. The van der Waals surface area contributed by atoms with Crippen LogP contribution in [0.4, 0.5) is 22.0 Å². The van der Waals surface area contributed by atoms with Crippen molar-refractivity contribution in [3.05, 3.63) is 47.1 Å². The lowest BCUT2D eigenvalue weighted by Crippen LogP contribution is -2.24. The van der Waals surface area contributed by atoms with Crippen LogP contribution in [0.3, 0.4) is 0 Å². The molecule has 3 aromatic heterocycles. The summed E-state index contributed by atoms with van der Waals surface area (Å²) in [5, 5.41) is 14.2. The second kappa shape index (κ2) is 8.65. The monoisotopic (exact) mass is 462 g/mol. The average Bonchev–Trinajstić information content (AvgIpc) is 3.55. The topological polar surface area (TPSA) is 121 Å². The maximum Gasteiger partial charge on any atom is 0.411 e. The van der Waals surface area contributed by atoms with Gasteiger partial charge in [0.2, 0.25) is 0 Å². The van der Waals surface area contributed by atoms with Crippen LogP contribution < -0.4 is 16.3 Å². The molecule has 1 aromatic carbocycles. The van der Waals surface area contributed by atoms with Crippen LogP contribution in [0.5, 0.6) is 0 Å². The number of pyridine rings is 1. The van der Waals surface area contributed by atoms with Gasteiger partial charge in [0.1, 0.15) is 11.5 Å². The number of hydrogen-bond donors (Lipinski definition) is 2. The molecule has 1 saturated carbocycles. The quantitative estimate of drug-likeness (QED) is 0.465. The van der Waals surface area contributed by atoms with Gasteiger partial charge in [0.05, 0.1) is 30.5 Å². The van der Waals surface area contributed by atoms with Crippen LogP contribution in [0.1, 0.15) is 31.7 Å². The fourth-order valence-electron chi connectivity index (χ4n) is 4.56. The summed E-state index contributed by atoms with van der Waals surface area (Å²) >= 11 is 0. The molecule has 11 nitrogen and oxygen atoms in total. The molecule has 5 rings (SSSR count). The number of rotatable bonds is 5. The van der Waals surface area contributed by atoms with Crippen LogP contribution in [0, 0.1) is 0 Å². The van der Waals surface area contributed by atoms with Crippen molar-refractivity contribution >= 4 is 34.3 Å². The van der Waals surface area contributed by atoms with E-state index >= 15 is 0 Å². The van der Waals surface area contributed by atoms with E-state index in [0.29, 0.717) is 22.9 Å². The molecular formula is C23H26N8O3. The van der Waals surface area contributed by atoms with Gasteiger partial charge in [-0.2, -0.15) is 0 Å². The number of benzene rings is 1. The smallest absolute Gasteiger partial charge is 0.411 e. The Hall–Kier alpha value is -4.15. The minimum Gasteiger partial charge on any atom is -0.453 e. The summed E-state index contributed by atoms with van der Waals surface area (Å²) in [7, 11) is 4.87. The first-order chi connectivity index (χ1) is 16.4. The Morgan fingerprint density at radius 2 is 1.85 bits per heavy atom. The van der Waals surface area contributed by atoms with Crippen LogP contribution in [-0.4, -0.2) is 42.3 Å². The van der Waals surface area contributed by atoms with Crippen molar-refractivity contribution in [1.82, 2.24) is 29.1 Å². The Labute approximate surface area is 195 Å². The number of methoxy groups -OCH3 is 1. The van der Waals surface area contributed by atoms with Crippen molar-refractivity contribution in [2.75, 3.05) is 17.7 Å². The van der Waals surface area contributed by atoms with E-state index in [1.807, 2.05) is 16.7 Å². The second-order valence-corrected chi connectivity index (χ2v) is 8.53. The first-order valence-electron chi connectivity index (χ1n) is 11.1. The molecule has 1 aliphatic carbocycles. The summed E-state index contributed by atoms with van der Waals surface area (Å²) in [6.07, 6.45) is 7.20. The van der Waals surface area contributed by atoms with E-state index in [-0.39, 0.29) is 11.7 Å². The SMILES string of the molecule is COC(=O)Nc1cc(Nc2cc3c(cn2)n(C)c(=O)n3C2CCCC2)cc(-c2cn(C)nn2)c1. The third-order valence-corrected chi connectivity index (χ3v) is 6.20. The molecule has 1 fully saturated rings. The van der Waals surface area contributed by atoms with Crippen molar-refractivity contribution in [1.29, 1.82) is 0 Å². The van der Waals surface area contributed by atoms with E-state index in [4.69, 9.17) is 4.74 Å². The summed E-state index contributed by atoms with van der Waals surface area (Å²) in [5.74, 6) is 0.588. The largest absolute Gasteiger partial charge is 0.453 e. The van der Waals surface area contributed by atoms with Crippen molar-refractivity contribution in [3.8, 4) is 11.3 Å². The van der Waals surface area contributed by atoms with Crippen LogP contribution in [-0.2, 0) is 18.8 Å². The van der Waals surface area contributed by atoms with Crippen LogP contribution in [0.15, 0.2) is 41.5 Å². The molecule has 4 aromatic rings. The zero-order valence-electron chi connectivity index (χ0n) is 19.3. The number of aryl methyl sites for hydroxylation is 2. The van der Waals surface area contributed by atoms with Crippen LogP contribution in [0.2, 0.25) is 0 Å². The highest BCUT2D eigenvalue weighted by atomic mass is 16.5. The molecule has 0 unspecified atom stereocenters. The lowest BCUT2D eigenvalue weighted by molar-refractivity contribution is 0.187. The highest BCUT2D eigenvalue weighted by Gasteiger charge is 2.23. The van der Waals surface area contributed by atoms with Crippen molar-refractivity contribution in [2.24, 2.45) is 14.1 Å². The third kappa shape index (κ3) is 4.00. The molecule has 0 aliphatic heterocycles. The number of nitrogens with zero attached hydrogens (tertiary/aromatic N) is 6. The number of hydrogen-bond acceptors (Lipinski definition) is 7. The maximum absolute atomic E-state index is 12.9. The normalized spacial score (nSPS) is 14.0. The Morgan fingerprint density at radius 1 is 1.09 bits per heavy atom. The molecule has 0 radical (unpaired) electrons. The summed E-state index contributed by atoms with van der Waals surface area (Å²) < 4.78 is 9.89. The van der Waals surface area contributed by atoms with E-state index in [9.17, 15) is 9.59 Å². The van der Waals surface area contributed by atoms with Gasteiger partial charge in [0, 0.05) is 43.1 Å². The standard InChI is InChI=1S/C23H26N8O3/c1-29-13-18(27-28-29)14-8-15(10-16(9-14)26-22(32)34-3)25-21-11-19-20(12-24-21)30(2)23(33)31(19)17-6-4-5-7-17/h8-13,17H,4-7H2,1-3H3,(H,24,25)(H,26,32). The fraction of sp³-hybridized carbons (Fsp3) is 0.348. The van der Waals surface area contributed by atoms with Gasteiger partial charge in [-0.25, -0.2) is 14.6 Å². The number of aromatic nitrogens is 6. The predicted molar refractivity (Wildman–Crippen MR) is 128 cm³/mol. The summed E-state index contributed by atoms with van der Waals surface area (Å²) in [4.78, 5) is 29.3. The van der Waals surface area contributed by atoms with Gasteiger partial charge in [0.15, 0.2) is 0 Å². The lowest BCUT2D eigenvalue weighted by atomic mass is 10.1. The summed E-state index contributed by atoms with van der Waals surface area (Å²) in [5.41, 5.74) is 4.26.